The number of oxime groups is 1. The molecule has 0 amide bonds. The maximum absolute atomic E-state index is 5.95. The minimum atomic E-state index is 0.747. The van der Waals surface area contributed by atoms with Gasteiger partial charge in [-0.1, -0.05) is 35.0 Å². The Kier molecular flexibility index (Phi) is 3.07. The van der Waals surface area contributed by atoms with Gasteiger partial charge in [-0.3, -0.25) is 0 Å². The van der Waals surface area contributed by atoms with E-state index in [1.807, 2.05) is 24.3 Å². The first kappa shape index (κ1) is 10.2. The van der Waals surface area contributed by atoms with E-state index in [1.165, 1.54) is 0 Å². The van der Waals surface area contributed by atoms with Crippen LogP contribution in [0.1, 0.15) is 18.4 Å². The second-order valence-corrected chi connectivity index (χ2v) is 3.82. The molecule has 0 fully saturated rings. The third-order valence-corrected chi connectivity index (χ3v) is 2.61. The molecule has 0 aromatic heterocycles. The standard InChI is InChI=1S/C12H12ClNO/c1-15-14-12-7-3-6-11(12)9-4-2-5-10(13)8-9/h2,4-6,8H,3,7H2,1H3. The number of rotatable bonds is 2. The predicted molar refractivity (Wildman–Crippen MR) is 63.1 cm³/mol. The Morgan fingerprint density at radius 1 is 1.40 bits per heavy atom. The van der Waals surface area contributed by atoms with E-state index in [0.717, 1.165) is 34.7 Å². The first-order valence-electron chi connectivity index (χ1n) is 4.88. The van der Waals surface area contributed by atoms with Crippen molar-refractivity contribution in [1.29, 1.82) is 0 Å². The number of allylic oxidation sites excluding steroid dienone is 2. The molecule has 0 atom stereocenters. The first-order chi connectivity index (χ1) is 7.31. The fourth-order valence-corrected chi connectivity index (χ4v) is 1.94. The van der Waals surface area contributed by atoms with E-state index in [4.69, 9.17) is 16.4 Å². The average molecular weight is 222 g/mol. The number of hydrogen-bond acceptors (Lipinski definition) is 2. The van der Waals surface area contributed by atoms with Crippen molar-refractivity contribution in [3.63, 3.8) is 0 Å². The number of benzene rings is 1. The van der Waals surface area contributed by atoms with E-state index in [2.05, 4.69) is 11.2 Å². The molecule has 0 bridgehead atoms. The fraction of sp³-hybridized carbons (Fsp3) is 0.250. The Bertz CT molecular complexity index is 423. The third kappa shape index (κ3) is 2.21. The molecule has 2 nitrogen and oxygen atoms in total. The van der Waals surface area contributed by atoms with Gasteiger partial charge in [0.15, 0.2) is 0 Å². The smallest absolute Gasteiger partial charge is 0.106 e. The summed E-state index contributed by atoms with van der Waals surface area (Å²) in [6.07, 6.45) is 4.13. The van der Waals surface area contributed by atoms with Gasteiger partial charge in [0.25, 0.3) is 0 Å². The molecule has 0 heterocycles. The van der Waals surface area contributed by atoms with Gasteiger partial charge < -0.3 is 4.84 Å². The van der Waals surface area contributed by atoms with Crippen LogP contribution in [0.5, 0.6) is 0 Å². The van der Waals surface area contributed by atoms with Gasteiger partial charge >= 0.3 is 0 Å². The lowest BCUT2D eigenvalue weighted by Gasteiger charge is -2.04. The van der Waals surface area contributed by atoms with Crippen molar-refractivity contribution in [2.75, 3.05) is 7.11 Å². The summed E-state index contributed by atoms with van der Waals surface area (Å²) >= 11 is 5.95. The van der Waals surface area contributed by atoms with Gasteiger partial charge in [-0.2, -0.15) is 0 Å². The van der Waals surface area contributed by atoms with E-state index >= 15 is 0 Å². The van der Waals surface area contributed by atoms with Crippen molar-refractivity contribution in [2.24, 2.45) is 5.16 Å². The highest BCUT2D eigenvalue weighted by Gasteiger charge is 2.15. The molecule has 0 unspecified atom stereocenters. The van der Waals surface area contributed by atoms with E-state index in [-0.39, 0.29) is 0 Å². The Morgan fingerprint density at radius 3 is 3.00 bits per heavy atom. The summed E-state index contributed by atoms with van der Waals surface area (Å²) in [7, 11) is 1.57. The molecule has 1 aromatic carbocycles. The highest BCUT2D eigenvalue weighted by atomic mass is 35.5. The molecule has 2 rings (SSSR count). The molecular weight excluding hydrogens is 210 g/mol. The van der Waals surface area contributed by atoms with Crippen LogP contribution in [0.25, 0.3) is 5.57 Å². The number of hydrogen-bond donors (Lipinski definition) is 0. The molecule has 0 saturated carbocycles. The Morgan fingerprint density at radius 2 is 2.27 bits per heavy atom. The lowest BCUT2D eigenvalue weighted by Crippen LogP contribution is -1.97. The van der Waals surface area contributed by atoms with Crippen LogP contribution in [0.2, 0.25) is 5.02 Å². The maximum atomic E-state index is 5.95. The highest BCUT2D eigenvalue weighted by Crippen LogP contribution is 2.27. The minimum absolute atomic E-state index is 0.747. The zero-order valence-corrected chi connectivity index (χ0v) is 9.29. The second-order valence-electron chi connectivity index (χ2n) is 3.39. The van der Waals surface area contributed by atoms with Gasteiger partial charge in [-0.15, -0.1) is 0 Å². The zero-order chi connectivity index (χ0) is 10.7. The second kappa shape index (κ2) is 4.49. The van der Waals surface area contributed by atoms with Crippen molar-refractivity contribution in [3.8, 4) is 0 Å². The van der Waals surface area contributed by atoms with Crippen molar-refractivity contribution in [3.05, 3.63) is 40.9 Å². The molecule has 0 aliphatic heterocycles. The number of nitrogens with zero attached hydrogens (tertiary/aromatic N) is 1. The summed E-state index contributed by atoms with van der Waals surface area (Å²) in [5, 5.41) is 4.76. The highest BCUT2D eigenvalue weighted by molar-refractivity contribution is 6.31. The summed E-state index contributed by atoms with van der Waals surface area (Å²) in [4.78, 5) is 4.82. The van der Waals surface area contributed by atoms with E-state index in [9.17, 15) is 0 Å². The van der Waals surface area contributed by atoms with Crippen LogP contribution >= 0.6 is 11.6 Å². The molecule has 0 spiro atoms. The molecule has 0 radical (unpaired) electrons. The van der Waals surface area contributed by atoms with Crippen molar-refractivity contribution in [1.82, 2.24) is 0 Å². The SMILES string of the molecule is CON=C1CCC=C1c1cccc(Cl)c1. The lowest BCUT2D eigenvalue weighted by atomic mass is 10.0. The summed E-state index contributed by atoms with van der Waals surface area (Å²) in [6, 6.07) is 7.80. The summed E-state index contributed by atoms with van der Waals surface area (Å²) in [5.41, 5.74) is 3.25. The first-order valence-corrected chi connectivity index (χ1v) is 5.25. The summed E-state index contributed by atoms with van der Waals surface area (Å²) in [6.45, 7) is 0. The largest absolute Gasteiger partial charge is 0.399 e. The van der Waals surface area contributed by atoms with Crippen LogP contribution in [-0.2, 0) is 4.84 Å². The molecule has 15 heavy (non-hydrogen) atoms. The lowest BCUT2D eigenvalue weighted by molar-refractivity contribution is 0.213. The molecule has 0 N–H and O–H groups in total. The van der Waals surface area contributed by atoms with Gasteiger partial charge in [0.1, 0.15) is 7.11 Å². The Hall–Kier alpha value is -1.28. The van der Waals surface area contributed by atoms with Crippen LogP contribution in [0, 0.1) is 0 Å². The van der Waals surface area contributed by atoms with E-state index in [0.29, 0.717) is 0 Å². The van der Waals surface area contributed by atoms with Gasteiger partial charge in [0.2, 0.25) is 0 Å². The quantitative estimate of drug-likeness (QED) is 0.701. The normalized spacial score (nSPS) is 18.0. The van der Waals surface area contributed by atoms with Gasteiger partial charge in [0.05, 0.1) is 5.71 Å². The third-order valence-electron chi connectivity index (χ3n) is 2.38. The number of halogens is 1. The molecule has 1 aromatic rings. The van der Waals surface area contributed by atoms with Crippen LogP contribution in [0.3, 0.4) is 0 Å². The fourth-order valence-electron chi connectivity index (χ4n) is 1.75. The van der Waals surface area contributed by atoms with Crippen molar-refractivity contribution in [2.45, 2.75) is 12.8 Å². The van der Waals surface area contributed by atoms with Crippen LogP contribution in [-0.4, -0.2) is 12.8 Å². The molecule has 0 saturated heterocycles. The molecule has 78 valence electrons. The summed E-state index contributed by atoms with van der Waals surface area (Å²) < 4.78 is 0. The van der Waals surface area contributed by atoms with Gasteiger partial charge in [-0.25, -0.2) is 0 Å². The van der Waals surface area contributed by atoms with Crippen molar-refractivity contribution < 1.29 is 4.84 Å². The average Bonchev–Trinajstić information content (AvgIpc) is 2.66. The topological polar surface area (TPSA) is 21.6 Å². The molecule has 3 heteroatoms. The molecule has 1 aliphatic rings. The monoisotopic (exact) mass is 221 g/mol. The van der Waals surface area contributed by atoms with E-state index < -0.39 is 0 Å². The van der Waals surface area contributed by atoms with Crippen molar-refractivity contribution >= 4 is 22.9 Å². The molecule has 1 aliphatic carbocycles. The zero-order valence-electron chi connectivity index (χ0n) is 8.53. The van der Waals surface area contributed by atoms with Crippen LogP contribution in [0.15, 0.2) is 35.5 Å². The van der Waals surface area contributed by atoms with E-state index in [1.54, 1.807) is 7.11 Å². The maximum Gasteiger partial charge on any atom is 0.106 e. The predicted octanol–water partition coefficient (Wildman–Crippen LogP) is 3.52. The summed E-state index contributed by atoms with van der Waals surface area (Å²) in [5.74, 6) is 0. The molecular formula is C12H12ClNO. The van der Waals surface area contributed by atoms with Crippen LogP contribution in [0.4, 0.5) is 0 Å². The van der Waals surface area contributed by atoms with Crippen LogP contribution < -0.4 is 0 Å². The minimum Gasteiger partial charge on any atom is -0.399 e. The Balaban J connectivity index is 2.35. The van der Waals surface area contributed by atoms with Gasteiger partial charge in [0, 0.05) is 10.6 Å². The Labute approximate surface area is 94.2 Å². The van der Waals surface area contributed by atoms with Gasteiger partial charge in [-0.05, 0) is 30.5 Å².